The van der Waals surface area contributed by atoms with Gasteiger partial charge in [-0.1, -0.05) is 13.8 Å². The molecular weight excluding hydrogens is 262 g/mol. The second-order valence-electron chi connectivity index (χ2n) is 4.05. The van der Waals surface area contributed by atoms with Crippen molar-refractivity contribution in [2.24, 2.45) is 5.92 Å². The van der Waals surface area contributed by atoms with Crippen LogP contribution < -0.4 is 4.72 Å². The maximum atomic E-state index is 11.6. The number of sulfonamides is 1. The summed E-state index contributed by atoms with van der Waals surface area (Å²) < 4.78 is 29.8. The number of carboxylic acid groups (broad SMARTS) is 1. The third-order valence-corrected chi connectivity index (χ3v) is 3.47. The van der Waals surface area contributed by atoms with E-state index in [1.165, 1.54) is 0 Å². The number of hydrogen-bond acceptors (Lipinski definition) is 5. The van der Waals surface area contributed by atoms with Crippen molar-refractivity contribution in [1.82, 2.24) is 4.72 Å². The molecule has 0 bridgehead atoms. The number of hydrogen-bond donors (Lipinski definition) is 2. The summed E-state index contributed by atoms with van der Waals surface area (Å²) in [6, 6.07) is -1.20. The van der Waals surface area contributed by atoms with Crippen LogP contribution in [0, 0.1) is 5.92 Å². The summed E-state index contributed by atoms with van der Waals surface area (Å²) >= 11 is 0. The highest BCUT2D eigenvalue weighted by Gasteiger charge is 2.27. The minimum absolute atomic E-state index is 0.177. The Bertz CT molecular complexity index is 389. The lowest BCUT2D eigenvalue weighted by molar-refractivity contribution is -0.142. The Kier molecular flexibility index (Phi) is 6.85. The van der Waals surface area contributed by atoms with Crippen molar-refractivity contribution in [3.05, 3.63) is 0 Å². The molecule has 0 aromatic heterocycles. The number of ether oxygens (including phenoxy) is 1. The summed E-state index contributed by atoms with van der Waals surface area (Å²) in [5, 5.41) is 8.85. The maximum absolute atomic E-state index is 11.6. The first-order valence-corrected chi connectivity index (χ1v) is 7.23. The monoisotopic (exact) mass is 281 g/mol. The Morgan fingerprint density at radius 2 is 1.89 bits per heavy atom. The first kappa shape index (κ1) is 16.9. The van der Waals surface area contributed by atoms with Gasteiger partial charge in [-0.3, -0.25) is 9.59 Å². The van der Waals surface area contributed by atoms with Crippen molar-refractivity contribution >= 4 is 22.0 Å². The SMILES string of the molecule is CCOC(=O)CCS(=O)(=O)N[C@H](C(=O)O)C(C)C. The van der Waals surface area contributed by atoms with E-state index in [2.05, 4.69) is 9.46 Å². The Labute approximate surface area is 107 Å². The Balaban J connectivity index is 4.46. The highest BCUT2D eigenvalue weighted by atomic mass is 32.2. The van der Waals surface area contributed by atoms with E-state index in [1.54, 1.807) is 20.8 Å². The Morgan fingerprint density at radius 3 is 2.28 bits per heavy atom. The van der Waals surface area contributed by atoms with Crippen molar-refractivity contribution < 1.29 is 27.9 Å². The normalized spacial score (nSPS) is 13.3. The molecule has 0 radical (unpaired) electrons. The molecular formula is C10H19NO6S. The van der Waals surface area contributed by atoms with Gasteiger partial charge in [0.1, 0.15) is 6.04 Å². The van der Waals surface area contributed by atoms with Crippen LogP contribution >= 0.6 is 0 Å². The number of esters is 1. The highest BCUT2D eigenvalue weighted by Crippen LogP contribution is 2.04. The van der Waals surface area contributed by atoms with Crippen molar-refractivity contribution in [2.75, 3.05) is 12.4 Å². The fourth-order valence-electron chi connectivity index (χ4n) is 1.17. The summed E-state index contributed by atoms with van der Waals surface area (Å²) in [4.78, 5) is 21.9. The largest absolute Gasteiger partial charge is 0.480 e. The molecule has 7 nitrogen and oxygen atoms in total. The molecule has 0 fully saturated rings. The number of carboxylic acids is 1. The number of carbonyl (C=O) groups excluding carboxylic acids is 1. The average molecular weight is 281 g/mol. The van der Waals surface area contributed by atoms with Crippen LogP contribution in [-0.2, 0) is 24.3 Å². The molecule has 0 aromatic carbocycles. The molecule has 0 rings (SSSR count). The van der Waals surface area contributed by atoms with E-state index >= 15 is 0 Å². The van der Waals surface area contributed by atoms with E-state index in [0.717, 1.165) is 0 Å². The zero-order chi connectivity index (χ0) is 14.3. The van der Waals surface area contributed by atoms with Crippen molar-refractivity contribution in [3.8, 4) is 0 Å². The van der Waals surface area contributed by atoms with E-state index in [9.17, 15) is 18.0 Å². The molecule has 106 valence electrons. The van der Waals surface area contributed by atoms with Crippen LogP contribution in [0.2, 0.25) is 0 Å². The molecule has 18 heavy (non-hydrogen) atoms. The van der Waals surface area contributed by atoms with Gasteiger partial charge in [-0.15, -0.1) is 0 Å². The summed E-state index contributed by atoms with van der Waals surface area (Å²) in [5.41, 5.74) is 0. The van der Waals surface area contributed by atoms with Gasteiger partial charge in [-0.2, -0.15) is 0 Å². The third-order valence-electron chi connectivity index (χ3n) is 2.12. The standard InChI is InChI=1S/C10H19NO6S/c1-4-17-8(12)5-6-18(15,16)11-9(7(2)3)10(13)14/h7,9,11H,4-6H2,1-3H3,(H,13,14)/t9-/m0/s1. The molecule has 0 heterocycles. The fraction of sp³-hybridized carbons (Fsp3) is 0.800. The summed E-state index contributed by atoms with van der Waals surface area (Å²) in [6.45, 7) is 4.97. The number of rotatable bonds is 8. The summed E-state index contributed by atoms with van der Waals surface area (Å²) in [5.74, 6) is -2.74. The second-order valence-corrected chi connectivity index (χ2v) is 5.93. The fourth-order valence-corrected chi connectivity index (χ4v) is 2.49. The van der Waals surface area contributed by atoms with Crippen LogP contribution in [0.5, 0.6) is 0 Å². The smallest absolute Gasteiger partial charge is 0.321 e. The molecule has 0 amide bonds. The van der Waals surface area contributed by atoms with E-state index < -0.39 is 33.8 Å². The zero-order valence-electron chi connectivity index (χ0n) is 10.7. The number of carbonyl (C=O) groups is 2. The molecule has 2 N–H and O–H groups in total. The topological polar surface area (TPSA) is 110 Å². The van der Waals surface area contributed by atoms with Gasteiger partial charge in [-0.05, 0) is 12.8 Å². The molecule has 0 saturated heterocycles. The van der Waals surface area contributed by atoms with Gasteiger partial charge in [0, 0.05) is 0 Å². The average Bonchev–Trinajstić information content (AvgIpc) is 2.23. The van der Waals surface area contributed by atoms with E-state index in [1.807, 2.05) is 0 Å². The highest BCUT2D eigenvalue weighted by molar-refractivity contribution is 7.89. The molecule has 1 atom stereocenters. The van der Waals surface area contributed by atoms with Crippen LogP contribution in [-0.4, -0.2) is 43.9 Å². The van der Waals surface area contributed by atoms with Crippen LogP contribution in [0.3, 0.4) is 0 Å². The van der Waals surface area contributed by atoms with Crippen LogP contribution in [0.25, 0.3) is 0 Å². The lowest BCUT2D eigenvalue weighted by Crippen LogP contribution is -2.45. The first-order chi connectivity index (χ1) is 8.19. The quantitative estimate of drug-likeness (QED) is 0.604. The van der Waals surface area contributed by atoms with Gasteiger partial charge >= 0.3 is 11.9 Å². The molecule has 8 heteroatoms. The van der Waals surface area contributed by atoms with Crippen molar-refractivity contribution in [2.45, 2.75) is 33.2 Å². The van der Waals surface area contributed by atoms with Gasteiger partial charge < -0.3 is 9.84 Å². The molecule has 0 aliphatic heterocycles. The molecule has 0 spiro atoms. The van der Waals surface area contributed by atoms with Crippen LogP contribution in [0.4, 0.5) is 0 Å². The maximum Gasteiger partial charge on any atom is 0.321 e. The molecule has 0 unspecified atom stereocenters. The van der Waals surface area contributed by atoms with Crippen molar-refractivity contribution in [1.29, 1.82) is 0 Å². The minimum Gasteiger partial charge on any atom is -0.480 e. The van der Waals surface area contributed by atoms with E-state index in [-0.39, 0.29) is 18.9 Å². The van der Waals surface area contributed by atoms with Gasteiger partial charge in [0.05, 0.1) is 18.8 Å². The van der Waals surface area contributed by atoms with Gasteiger partial charge in [0.15, 0.2) is 0 Å². The van der Waals surface area contributed by atoms with Gasteiger partial charge in [0.2, 0.25) is 10.0 Å². The van der Waals surface area contributed by atoms with Gasteiger partial charge in [-0.25, -0.2) is 13.1 Å². The Hall–Kier alpha value is -1.15. The molecule has 0 aliphatic rings. The summed E-state index contributed by atoms with van der Waals surface area (Å²) in [6.07, 6.45) is -0.298. The lowest BCUT2D eigenvalue weighted by Gasteiger charge is -2.17. The van der Waals surface area contributed by atoms with Crippen LogP contribution in [0.1, 0.15) is 27.2 Å². The predicted octanol–water partition coefficient (Wildman–Crippen LogP) is -0.0318. The molecule has 0 aromatic rings. The van der Waals surface area contributed by atoms with Crippen LogP contribution in [0.15, 0.2) is 0 Å². The van der Waals surface area contributed by atoms with E-state index in [4.69, 9.17) is 5.11 Å². The molecule has 0 aliphatic carbocycles. The first-order valence-electron chi connectivity index (χ1n) is 5.58. The van der Waals surface area contributed by atoms with Crippen molar-refractivity contribution in [3.63, 3.8) is 0 Å². The number of aliphatic carboxylic acids is 1. The van der Waals surface area contributed by atoms with Gasteiger partial charge in [0.25, 0.3) is 0 Å². The third kappa shape index (κ3) is 6.55. The second kappa shape index (κ2) is 7.32. The predicted molar refractivity (Wildman–Crippen MR) is 64.4 cm³/mol. The molecule has 0 saturated carbocycles. The lowest BCUT2D eigenvalue weighted by atomic mass is 10.1. The number of nitrogens with one attached hydrogen (secondary N) is 1. The zero-order valence-corrected chi connectivity index (χ0v) is 11.5. The Morgan fingerprint density at radius 1 is 1.33 bits per heavy atom. The summed E-state index contributed by atoms with van der Waals surface area (Å²) in [7, 11) is -3.82. The minimum atomic E-state index is -3.82. The van der Waals surface area contributed by atoms with E-state index in [0.29, 0.717) is 0 Å².